The molecular formula is C23H21ClN6O2S. The number of anilines is 2. The van der Waals surface area contributed by atoms with Crippen molar-refractivity contribution in [2.24, 2.45) is 0 Å². The fraction of sp³-hybridized carbons (Fsp3) is 0.217. The van der Waals surface area contributed by atoms with Gasteiger partial charge in [-0.2, -0.15) is 9.61 Å². The molecule has 2 aromatic heterocycles. The SMILES string of the molecule is Cc1ccccc1-c1nn2c(=O)cc(N3CCN(C(=O)Nc4ccccc4Cl)CC3)nc2s1. The zero-order chi connectivity index (χ0) is 22.9. The number of hydrogen-bond donors (Lipinski definition) is 1. The van der Waals surface area contributed by atoms with Crippen LogP contribution in [0.4, 0.5) is 16.3 Å². The first kappa shape index (κ1) is 21.4. The lowest BCUT2D eigenvalue weighted by molar-refractivity contribution is 0.208. The van der Waals surface area contributed by atoms with E-state index in [0.29, 0.717) is 47.7 Å². The van der Waals surface area contributed by atoms with E-state index in [9.17, 15) is 9.59 Å². The van der Waals surface area contributed by atoms with E-state index in [2.05, 4.69) is 10.4 Å². The fourth-order valence-corrected chi connectivity index (χ4v) is 4.95. The van der Waals surface area contributed by atoms with Crippen LogP contribution < -0.4 is 15.8 Å². The van der Waals surface area contributed by atoms with Crippen molar-refractivity contribution in [3.8, 4) is 10.6 Å². The minimum absolute atomic E-state index is 0.198. The maximum Gasteiger partial charge on any atom is 0.322 e. The van der Waals surface area contributed by atoms with Gasteiger partial charge in [-0.15, -0.1) is 0 Å². The lowest BCUT2D eigenvalue weighted by atomic mass is 10.1. The molecule has 4 aromatic rings. The van der Waals surface area contributed by atoms with Crippen LogP contribution in [0.5, 0.6) is 0 Å². The third kappa shape index (κ3) is 4.29. The number of fused-ring (bicyclic) bond motifs is 1. The number of aryl methyl sites for hydroxylation is 1. The van der Waals surface area contributed by atoms with Gasteiger partial charge in [-0.3, -0.25) is 4.79 Å². The average Bonchev–Trinajstić information content (AvgIpc) is 3.25. The topological polar surface area (TPSA) is 82.8 Å². The van der Waals surface area contributed by atoms with E-state index in [4.69, 9.17) is 16.6 Å². The van der Waals surface area contributed by atoms with Gasteiger partial charge in [0.25, 0.3) is 5.56 Å². The van der Waals surface area contributed by atoms with Crippen molar-refractivity contribution < 1.29 is 4.79 Å². The molecule has 3 heterocycles. The van der Waals surface area contributed by atoms with E-state index in [1.54, 1.807) is 17.0 Å². The van der Waals surface area contributed by atoms with Crippen LogP contribution in [0.25, 0.3) is 15.5 Å². The molecule has 10 heteroatoms. The van der Waals surface area contributed by atoms with Gasteiger partial charge in [0.15, 0.2) is 0 Å². The van der Waals surface area contributed by atoms with Crippen LogP contribution in [0.3, 0.4) is 0 Å². The molecule has 1 aliphatic rings. The van der Waals surface area contributed by atoms with Gasteiger partial charge in [-0.05, 0) is 24.6 Å². The van der Waals surface area contributed by atoms with Gasteiger partial charge < -0.3 is 15.1 Å². The fourth-order valence-electron chi connectivity index (χ4n) is 3.78. The van der Waals surface area contributed by atoms with Gasteiger partial charge >= 0.3 is 6.03 Å². The summed E-state index contributed by atoms with van der Waals surface area (Å²) in [5, 5.41) is 8.59. The second kappa shape index (κ2) is 8.84. The maximum atomic E-state index is 12.7. The molecule has 1 aliphatic heterocycles. The molecule has 2 aromatic carbocycles. The Labute approximate surface area is 199 Å². The van der Waals surface area contributed by atoms with Crippen LogP contribution >= 0.6 is 22.9 Å². The minimum Gasteiger partial charge on any atom is -0.353 e. The number of para-hydroxylation sites is 1. The Morgan fingerprint density at radius 3 is 2.55 bits per heavy atom. The van der Waals surface area contributed by atoms with Crippen molar-refractivity contribution in [3.63, 3.8) is 0 Å². The summed E-state index contributed by atoms with van der Waals surface area (Å²) in [6, 6.07) is 16.4. The number of halogens is 1. The molecule has 1 saturated heterocycles. The molecule has 0 bridgehead atoms. The van der Waals surface area contributed by atoms with E-state index in [0.717, 1.165) is 16.1 Å². The number of amides is 2. The van der Waals surface area contributed by atoms with Crippen LogP contribution in [0.15, 0.2) is 59.4 Å². The van der Waals surface area contributed by atoms with Crippen LogP contribution in [0.1, 0.15) is 5.56 Å². The number of aromatic nitrogens is 3. The van der Waals surface area contributed by atoms with Gasteiger partial charge in [0.1, 0.15) is 10.8 Å². The molecule has 0 aliphatic carbocycles. The smallest absolute Gasteiger partial charge is 0.322 e. The number of urea groups is 1. The number of nitrogens with one attached hydrogen (secondary N) is 1. The second-order valence-corrected chi connectivity index (χ2v) is 9.12. The van der Waals surface area contributed by atoms with Crippen molar-refractivity contribution >= 4 is 45.4 Å². The van der Waals surface area contributed by atoms with Crippen molar-refractivity contribution in [1.82, 2.24) is 19.5 Å². The molecule has 0 atom stereocenters. The predicted octanol–water partition coefficient (Wildman–Crippen LogP) is 4.13. The summed E-state index contributed by atoms with van der Waals surface area (Å²) in [5.74, 6) is 0.603. The summed E-state index contributed by atoms with van der Waals surface area (Å²) in [6.07, 6.45) is 0. The van der Waals surface area contributed by atoms with Crippen molar-refractivity contribution in [1.29, 1.82) is 0 Å². The predicted molar refractivity (Wildman–Crippen MR) is 132 cm³/mol. The molecule has 0 radical (unpaired) electrons. The number of hydrogen-bond acceptors (Lipinski definition) is 6. The van der Waals surface area contributed by atoms with Gasteiger partial charge in [-0.25, -0.2) is 9.78 Å². The normalized spacial score (nSPS) is 14.0. The monoisotopic (exact) mass is 480 g/mol. The summed E-state index contributed by atoms with van der Waals surface area (Å²) in [7, 11) is 0. The second-order valence-electron chi connectivity index (χ2n) is 7.75. The molecule has 1 N–H and O–H groups in total. The molecule has 8 nitrogen and oxygen atoms in total. The zero-order valence-corrected chi connectivity index (χ0v) is 19.4. The molecule has 168 valence electrons. The number of benzene rings is 2. The van der Waals surface area contributed by atoms with E-state index in [1.807, 2.05) is 48.2 Å². The van der Waals surface area contributed by atoms with Gasteiger partial charge in [-0.1, -0.05) is 59.3 Å². The highest BCUT2D eigenvalue weighted by Crippen LogP contribution is 2.28. The van der Waals surface area contributed by atoms with Crippen molar-refractivity contribution in [3.05, 3.63) is 75.5 Å². The first-order valence-electron chi connectivity index (χ1n) is 10.5. The molecule has 0 spiro atoms. The summed E-state index contributed by atoms with van der Waals surface area (Å²) in [5.41, 5.74) is 2.45. The highest BCUT2D eigenvalue weighted by atomic mass is 35.5. The third-order valence-electron chi connectivity index (χ3n) is 5.61. The number of carbonyl (C=O) groups excluding carboxylic acids is 1. The Balaban J connectivity index is 1.31. The van der Waals surface area contributed by atoms with E-state index < -0.39 is 0 Å². The number of nitrogens with zero attached hydrogens (tertiary/aromatic N) is 5. The Morgan fingerprint density at radius 2 is 1.79 bits per heavy atom. The number of rotatable bonds is 3. The summed E-state index contributed by atoms with van der Waals surface area (Å²) >= 11 is 7.53. The Hall–Kier alpha value is -3.43. The minimum atomic E-state index is -0.218. The summed E-state index contributed by atoms with van der Waals surface area (Å²) in [4.78, 5) is 34.3. The third-order valence-corrected chi connectivity index (χ3v) is 6.88. The first-order valence-corrected chi connectivity index (χ1v) is 11.7. The molecule has 5 rings (SSSR count). The molecule has 0 saturated carbocycles. The summed E-state index contributed by atoms with van der Waals surface area (Å²) in [6.45, 7) is 4.18. The van der Waals surface area contributed by atoms with Crippen molar-refractivity contribution in [2.45, 2.75) is 6.92 Å². The van der Waals surface area contributed by atoms with E-state index in [-0.39, 0.29) is 11.6 Å². The Bertz CT molecular complexity index is 1390. The van der Waals surface area contributed by atoms with E-state index in [1.165, 1.54) is 21.9 Å². The van der Waals surface area contributed by atoms with Crippen LogP contribution in [-0.2, 0) is 0 Å². The lowest BCUT2D eigenvalue weighted by Gasteiger charge is -2.35. The van der Waals surface area contributed by atoms with Gasteiger partial charge in [0.2, 0.25) is 4.96 Å². The quantitative estimate of drug-likeness (QED) is 0.476. The molecule has 0 unspecified atom stereocenters. The van der Waals surface area contributed by atoms with E-state index >= 15 is 0 Å². The highest BCUT2D eigenvalue weighted by molar-refractivity contribution is 7.19. The maximum absolute atomic E-state index is 12.7. The lowest BCUT2D eigenvalue weighted by Crippen LogP contribution is -2.50. The van der Waals surface area contributed by atoms with Crippen LogP contribution in [0.2, 0.25) is 5.02 Å². The van der Waals surface area contributed by atoms with Gasteiger partial charge in [0.05, 0.1) is 10.7 Å². The molecule has 1 fully saturated rings. The number of carbonyl (C=O) groups is 1. The largest absolute Gasteiger partial charge is 0.353 e. The zero-order valence-electron chi connectivity index (χ0n) is 17.9. The molecule has 2 amide bonds. The Morgan fingerprint density at radius 1 is 1.06 bits per heavy atom. The highest BCUT2D eigenvalue weighted by Gasteiger charge is 2.23. The average molecular weight is 481 g/mol. The summed E-state index contributed by atoms with van der Waals surface area (Å²) < 4.78 is 1.35. The van der Waals surface area contributed by atoms with Crippen LogP contribution in [0, 0.1) is 6.92 Å². The van der Waals surface area contributed by atoms with Gasteiger partial charge in [0, 0.05) is 37.8 Å². The number of piperazine rings is 1. The molecular weight excluding hydrogens is 460 g/mol. The van der Waals surface area contributed by atoms with Crippen LogP contribution in [-0.4, -0.2) is 51.7 Å². The Kier molecular flexibility index (Phi) is 5.74. The molecule has 33 heavy (non-hydrogen) atoms. The standard InChI is InChI=1S/C23H21ClN6O2S/c1-15-6-2-3-7-16(15)21-27-30-20(31)14-19(26-23(30)33-21)28-10-12-29(13-11-28)22(32)25-18-9-5-4-8-17(18)24/h2-9,14H,10-13H2,1H3,(H,25,32). The van der Waals surface area contributed by atoms with Crippen molar-refractivity contribution in [2.75, 3.05) is 36.4 Å². The first-order chi connectivity index (χ1) is 16.0.